The first-order valence-electron chi connectivity index (χ1n) is 8.01. The molecule has 148 valence electrons. The summed E-state index contributed by atoms with van der Waals surface area (Å²) in [5.41, 5.74) is -0.233. The van der Waals surface area contributed by atoms with E-state index in [1.165, 1.54) is 35.9 Å². The third-order valence-corrected chi connectivity index (χ3v) is 4.09. The second kappa shape index (κ2) is 7.63. The van der Waals surface area contributed by atoms with Gasteiger partial charge in [0.1, 0.15) is 18.1 Å². The number of amides is 1. The molecule has 0 atom stereocenters. The highest BCUT2D eigenvalue weighted by Crippen LogP contribution is 2.29. The second-order valence-electron chi connectivity index (χ2n) is 6.01. The first kappa shape index (κ1) is 19.9. The molecule has 0 unspecified atom stereocenters. The van der Waals surface area contributed by atoms with Crippen molar-refractivity contribution in [1.82, 2.24) is 19.6 Å². The molecule has 0 saturated carbocycles. The average molecular weight is 416 g/mol. The maximum atomic E-state index is 13.1. The highest BCUT2D eigenvalue weighted by molar-refractivity contribution is 6.31. The molecule has 28 heavy (non-hydrogen) atoms. The molecule has 0 fully saturated rings. The number of aryl methyl sites for hydroxylation is 1. The van der Waals surface area contributed by atoms with E-state index in [2.05, 4.69) is 15.5 Å². The number of nitrogens with zero attached hydrogens (tertiary/aromatic N) is 4. The van der Waals surface area contributed by atoms with E-state index in [0.29, 0.717) is 10.2 Å². The molecule has 6 nitrogen and oxygen atoms in total. The summed E-state index contributed by atoms with van der Waals surface area (Å²) in [4.78, 5) is 12.1. The van der Waals surface area contributed by atoms with Crippen LogP contribution in [-0.2, 0) is 24.1 Å². The fraction of sp³-hybridized carbons (Fsp3) is 0.235. The molecule has 2 aromatic heterocycles. The van der Waals surface area contributed by atoms with Crippen LogP contribution in [0.2, 0.25) is 5.02 Å². The zero-order valence-electron chi connectivity index (χ0n) is 14.5. The number of rotatable bonds is 5. The third-order valence-electron chi connectivity index (χ3n) is 3.74. The average Bonchev–Trinajstić information content (AvgIpc) is 3.16. The topological polar surface area (TPSA) is 64.7 Å². The summed E-state index contributed by atoms with van der Waals surface area (Å²) in [5, 5.41) is 10.5. The molecule has 11 heteroatoms. The van der Waals surface area contributed by atoms with Crippen molar-refractivity contribution in [3.63, 3.8) is 0 Å². The van der Waals surface area contributed by atoms with Gasteiger partial charge in [0.25, 0.3) is 0 Å². The van der Waals surface area contributed by atoms with Gasteiger partial charge in [-0.25, -0.2) is 4.39 Å². The Balaban J connectivity index is 1.66. The molecule has 0 saturated heterocycles. The highest BCUT2D eigenvalue weighted by atomic mass is 35.5. The zero-order valence-corrected chi connectivity index (χ0v) is 15.2. The van der Waals surface area contributed by atoms with Crippen molar-refractivity contribution >= 4 is 23.3 Å². The third kappa shape index (κ3) is 4.69. The van der Waals surface area contributed by atoms with Gasteiger partial charge < -0.3 is 5.32 Å². The summed E-state index contributed by atoms with van der Waals surface area (Å²) in [7, 11) is 0. The minimum atomic E-state index is -4.61. The maximum absolute atomic E-state index is 13.1. The van der Waals surface area contributed by atoms with Crippen LogP contribution in [0.25, 0.3) is 0 Å². The number of halogens is 5. The molecule has 0 spiro atoms. The molecule has 1 amide bonds. The number of carbonyl (C=O) groups excluding carboxylic acids is 1. The Morgan fingerprint density at radius 3 is 2.64 bits per heavy atom. The SMILES string of the molecule is Cc1cc(C(F)(F)F)n(CC(=O)Nc2ccn(Cc3ccc(F)cc3Cl)n2)n1. The van der Waals surface area contributed by atoms with Gasteiger partial charge in [0.15, 0.2) is 5.82 Å². The molecule has 3 aromatic rings. The number of hydrogen-bond donors (Lipinski definition) is 1. The fourth-order valence-corrected chi connectivity index (χ4v) is 2.78. The van der Waals surface area contributed by atoms with Gasteiger partial charge in [-0.15, -0.1) is 0 Å². The van der Waals surface area contributed by atoms with Crippen LogP contribution in [0.4, 0.5) is 23.4 Å². The smallest absolute Gasteiger partial charge is 0.308 e. The molecule has 0 bridgehead atoms. The summed E-state index contributed by atoms with van der Waals surface area (Å²) in [6.07, 6.45) is -3.06. The monoisotopic (exact) mass is 415 g/mol. The Bertz CT molecular complexity index is 1010. The Hall–Kier alpha value is -2.88. The second-order valence-corrected chi connectivity index (χ2v) is 6.42. The van der Waals surface area contributed by atoms with Crippen LogP contribution in [0.5, 0.6) is 0 Å². The van der Waals surface area contributed by atoms with E-state index in [1.54, 1.807) is 6.20 Å². The minimum Gasteiger partial charge on any atom is -0.308 e. The van der Waals surface area contributed by atoms with Gasteiger partial charge in [-0.2, -0.15) is 23.4 Å². The van der Waals surface area contributed by atoms with Crippen LogP contribution in [0, 0.1) is 12.7 Å². The van der Waals surface area contributed by atoms with Crippen molar-refractivity contribution in [3.8, 4) is 0 Å². The summed E-state index contributed by atoms with van der Waals surface area (Å²) in [5.74, 6) is -1.02. The molecule has 0 aliphatic heterocycles. The van der Waals surface area contributed by atoms with Crippen molar-refractivity contribution in [2.24, 2.45) is 0 Å². The lowest BCUT2D eigenvalue weighted by molar-refractivity contribution is -0.144. The van der Waals surface area contributed by atoms with Gasteiger partial charge in [-0.3, -0.25) is 14.2 Å². The Kier molecular flexibility index (Phi) is 5.41. The van der Waals surface area contributed by atoms with Gasteiger partial charge in [0.05, 0.1) is 12.2 Å². The number of alkyl halides is 3. The summed E-state index contributed by atoms with van der Waals surface area (Å²) in [6.45, 7) is 1.02. The van der Waals surface area contributed by atoms with Crippen molar-refractivity contribution in [2.75, 3.05) is 5.32 Å². The molecular formula is C17H14ClF4N5O. The molecule has 0 aliphatic rings. The number of nitrogens with one attached hydrogen (secondary N) is 1. The number of anilines is 1. The normalized spacial score (nSPS) is 11.6. The molecule has 0 aliphatic carbocycles. The zero-order chi connectivity index (χ0) is 20.5. The van der Waals surface area contributed by atoms with Crippen molar-refractivity contribution in [3.05, 3.63) is 64.3 Å². The summed E-state index contributed by atoms with van der Waals surface area (Å²) >= 11 is 5.96. The van der Waals surface area contributed by atoms with Gasteiger partial charge in [-0.1, -0.05) is 17.7 Å². The molecule has 2 heterocycles. The first-order valence-corrected chi connectivity index (χ1v) is 8.38. The van der Waals surface area contributed by atoms with Crippen LogP contribution in [-0.4, -0.2) is 25.5 Å². The molecule has 3 rings (SSSR count). The van der Waals surface area contributed by atoms with Crippen molar-refractivity contribution in [2.45, 2.75) is 26.2 Å². The van der Waals surface area contributed by atoms with E-state index in [-0.39, 0.29) is 23.1 Å². The van der Waals surface area contributed by atoms with Crippen LogP contribution in [0.1, 0.15) is 17.0 Å². The van der Waals surface area contributed by atoms with Gasteiger partial charge >= 0.3 is 6.18 Å². The van der Waals surface area contributed by atoms with Crippen molar-refractivity contribution < 1.29 is 22.4 Å². The number of aromatic nitrogens is 4. The quantitative estimate of drug-likeness (QED) is 0.643. The van der Waals surface area contributed by atoms with Crippen LogP contribution >= 0.6 is 11.6 Å². The lowest BCUT2D eigenvalue weighted by Gasteiger charge is -2.09. The lowest BCUT2D eigenvalue weighted by Crippen LogP contribution is -2.24. The van der Waals surface area contributed by atoms with Crippen LogP contribution < -0.4 is 5.32 Å². The number of hydrogen-bond acceptors (Lipinski definition) is 3. The largest absolute Gasteiger partial charge is 0.433 e. The van der Waals surface area contributed by atoms with E-state index in [0.717, 1.165) is 6.07 Å². The lowest BCUT2D eigenvalue weighted by atomic mass is 10.2. The van der Waals surface area contributed by atoms with Crippen LogP contribution in [0.3, 0.4) is 0 Å². The molecular weight excluding hydrogens is 402 g/mol. The summed E-state index contributed by atoms with van der Waals surface area (Å²) < 4.78 is 54.0. The summed E-state index contributed by atoms with van der Waals surface area (Å²) in [6, 6.07) is 6.30. The predicted molar refractivity (Wildman–Crippen MR) is 93.3 cm³/mol. The predicted octanol–water partition coefficient (Wildman–Crippen LogP) is 3.89. The first-order chi connectivity index (χ1) is 13.1. The van der Waals surface area contributed by atoms with Gasteiger partial charge in [0.2, 0.25) is 5.91 Å². The number of carbonyl (C=O) groups is 1. The highest BCUT2D eigenvalue weighted by Gasteiger charge is 2.35. The van der Waals surface area contributed by atoms with E-state index < -0.39 is 30.1 Å². The van der Waals surface area contributed by atoms with Crippen molar-refractivity contribution in [1.29, 1.82) is 0 Å². The molecule has 1 N–H and O–H groups in total. The van der Waals surface area contributed by atoms with Gasteiger partial charge in [-0.05, 0) is 30.7 Å². The van der Waals surface area contributed by atoms with Crippen LogP contribution in [0.15, 0.2) is 36.5 Å². The molecule has 0 radical (unpaired) electrons. The van der Waals surface area contributed by atoms with E-state index in [4.69, 9.17) is 11.6 Å². The Labute approximate surface area is 161 Å². The molecule has 1 aromatic carbocycles. The Morgan fingerprint density at radius 2 is 1.96 bits per heavy atom. The van der Waals surface area contributed by atoms with E-state index in [9.17, 15) is 22.4 Å². The standard InChI is InChI=1S/C17H14ClF4N5O/c1-10-6-14(17(20,21)22)27(24-10)9-16(28)23-15-4-5-26(25-15)8-11-2-3-12(19)7-13(11)18/h2-7H,8-9H2,1H3,(H,23,25,28). The number of benzene rings is 1. The van der Waals surface area contributed by atoms with E-state index >= 15 is 0 Å². The Morgan fingerprint density at radius 1 is 1.21 bits per heavy atom. The fourth-order valence-electron chi connectivity index (χ4n) is 2.55. The maximum Gasteiger partial charge on any atom is 0.433 e. The van der Waals surface area contributed by atoms with Gasteiger partial charge in [0, 0.05) is 17.3 Å². The minimum absolute atomic E-state index is 0.153. The van der Waals surface area contributed by atoms with E-state index in [1.807, 2.05) is 0 Å².